The summed E-state index contributed by atoms with van der Waals surface area (Å²) in [6.07, 6.45) is -4.68. The monoisotopic (exact) mass is 314 g/mol. The van der Waals surface area contributed by atoms with E-state index in [0.29, 0.717) is 12.3 Å². The van der Waals surface area contributed by atoms with Crippen molar-refractivity contribution in [2.24, 2.45) is 16.7 Å². The molecule has 1 saturated heterocycles. The lowest BCUT2D eigenvalue weighted by Crippen LogP contribution is -2.74. The van der Waals surface area contributed by atoms with E-state index in [4.69, 9.17) is 4.74 Å². The third-order valence-corrected chi connectivity index (χ3v) is 8.07. The minimum Gasteiger partial charge on any atom is -0.387 e. The molecule has 126 valence electrons. The van der Waals surface area contributed by atoms with E-state index >= 15 is 0 Å². The van der Waals surface area contributed by atoms with Gasteiger partial charge in [0.05, 0.1) is 0 Å². The molecule has 0 aromatic heterocycles. The molecule has 3 saturated carbocycles. The number of rotatable bonds is 0. The van der Waals surface area contributed by atoms with E-state index in [-0.39, 0.29) is 5.41 Å². The van der Waals surface area contributed by atoms with Crippen molar-refractivity contribution >= 4 is 0 Å². The van der Waals surface area contributed by atoms with Gasteiger partial charge in [0.2, 0.25) is 0 Å². The molecular weight excluding hydrogens is 288 g/mol. The third-order valence-electron chi connectivity index (χ3n) is 8.07. The molecule has 1 aliphatic heterocycles. The van der Waals surface area contributed by atoms with Crippen molar-refractivity contribution in [2.75, 3.05) is 0 Å². The molecule has 4 rings (SSSR count). The zero-order valence-corrected chi connectivity index (χ0v) is 13.2. The Morgan fingerprint density at radius 2 is 1.59 bits per heavy atom. The molecule has 0 aromatic carbocycles. The zero-order chi connectivity index (χ0) is 16.3. The fourth-order valence-corrected chi connectivity index (χ4v) is 6.22. The highest BCUT2D eigenvalue weighted by molar-refractivity contribution is 5.33. The first-order chi connectivity index (χ1) is 10.0. The molecule has 6 heteroatoms. The molecule has 4 fully saturated rings. The molecule has 0 amide bonds. The standard InChI is InChI=1S/C16H26O6/c1-13(2)7-4-5-14(13,3)15(6-7)16(21)11(19)9(18)8(17)10(22-15)12(16)20/h7-12,17-21H,4-6H2,1-3H3/t7-,8-,9-,10+,11+,12+,14+,15-,16-/m0/s1. The maximum absolute atomic E-state index is 11.3. The van der Waals surface area contributed by atoms with Crippen LogP contribution >= 0.6 is 0 Å². The minimum absolute atomic E-state index is 0.116. The van der Waals surface area contributed by atoms with Crippen LogP contribution in [0.4, 0.5) is 0 Å². The first kappa shape index (κ1) is 15.3. The van der Waals surface area contributed by atoms with E-state index in [1.165, 1.54) is 0 Å². The summed E-state index contributed by atoms with van der Waals surface area (Å²) in [5, 5.41) is 52.6. The first-order valence-corrected chi connectivity index (χ1v) is 8.17. The number of aliphatic hydroxyl groups is 5. The minimum atomic E-state index is -1.96. The van der Waals surface area contributed by atoms with Gasteiger partial charge < -0.3 is 30.3 Å². The van der Waals surface area contributed by atoms with Crippen molar-refractivity contribution in [3.63, 3.8) is 0 Å². The predicted molar refractivity (Wildman–Crippen MR) is 75.8 cm³/mol. The summed E-state index contributed by atoms with van der Waals surface area (Å²) in [5.41, 5.74) is -3.67. The maximum Gasteiger partial charge on any atom is 0.151 e. The van der Waals surface area contributed by atoms with Gasteiger partial charge in [0.25, 0.3) is 0 Å². The van der Waals surface area contributed by atoms with Crippen molar-refractivity contribution in [1.29, 1.82) is 0 Å². The molecule has 0 unspecified atom stereocenters. The molecule has 4 bridgehead atoms. The van der Waals surface area contributed by atoms with E-state index in [2.05, 4.69) is 13.8 Å². The molecular formula is C16H26O6. The van der Waals surface area contributed by atoms with Crippen LogP contribution in [0.25, 0.3) is 0 Å². The average molecular weight is 314 g/mol. The van der Waals surface area contributed by atoms with E-state index in [1.807, 2.05) is 6.92 Å². The Hall–Kier alpha value is -0.240. The third kappa shape index (κ3) is 1.18. The van der Waals surface area contributed by atoms with Crippen LogP contribution < -0.4 is 0 Å². The normalized spacial score (nSPS) is 65.5. The number of hydrogen-bond acceptors (Lipinski definition) is 6. The van der Waals surface area contributed by atoms with Crippen molar-refractivity contribution in [3.05, 3.63) is 0 Å². The van der Waals surface area contributed by atoms with Gasteiger partial charge in [-0.2, -0.15) is 0 Å². The van der Waals surface area contributed by atoms with Crippen LogP contribution in [0, 0.1) is 16.7 Å². The molecule has 3 aliphatic carbocycles. The van der Waals surface area contributed by atoms with Gasteiger partial charge >= 0.3 is 0 Å². The van der Waals surface area contributed by atoms with Gasteiger partial charge in [0.15, 0.2) is 5.60 Å². The van der Waals surface area contributed by atoms with Crippen LogP contribution in [-0.4, -0.2) is 67.3 Å². The number of hydrogen-bond donors (Lipinski definition) is 5. The van der Waals surface area contributed by atoms with Crippen LogP contribution in [0.2, 0.25) is 0 Å². The van der Waals surface area contributed by atoms with Crippen molar-refractivity contribution in [3.8, 4) is 0 Å². The number of ether oxygens (including phenoxy) is 1. The predicted octanol–water partition coefficient (Wildman–Crippen LogP) is -0.842. The topological polar surface area (TPSA) is 110 Å². The van der Waals surface area contributed by atoms with Gasteiger partial charge in [-0.1, -0.05) is 20.8 Å². The smallest absolute Gasteiger partial charge is 0.151 e. The summed E-state index contributed by atoms with van der Waals surface area (Å²) in [4.78, 5) is 0. The summed E-state index contributed by atoms with van der Waals surface area (Å²) in [6, 6.07) is 0. The fourth-order valence-electron chi connectivity index (χ4n) is 6.22. The van der Waals surface area contributed by atoms with Gasteiger partial charge in [-0.05, 0) is 30.6 Å². The Balaban J connectivity index is 1.91. The van der Waals surface area contributed by atoms with Gasteiger partial charge in [-0.3, -0.25) is 0 Å². The van der Waals surface area contributed by atoms with Gasteiger partial charge in [-0.15, -0.1) is 0 Å². The lowest BCUT2D eigenvalue weighted by atomic mass is 9.56. The summed E-state index contributed by atoms with van der Waals surface area (Å²) >= 11 is 0. The average Bonchev–Trinajstić information content (AvgIpc) is 2.88. The Bertz CT molecular complexity index is 521. The zero-order valence-electron chi connectivity index (χ0n) is 13.2. The largest absolute Gasteiger partial charge is 0.387 e. The highest BCUT2D eigenvalue weighted by Crippen LogP contribution is 2.76. The molecule has 0 radical (unpaired) electrons. The maximum atomic E-state index is 11.3. The van der Waals surface area contributed by atoms with E-state index in [1.54, 1.807) is 0 Å². The van der Waals surface area contributed by atoms with Crippen LogP contribution in [0.5, 0.6) is 0 Å². The van der Waals surface area contributed by atoms with E-state index in [9.17, 15) is 25.5 Å². The lowest BCUT2D eigenvalue weighted by molar-refractivity contribution is -0.254. The Morgan fingerprint density at radius 1 is 0.955 bits per heavy atom. The number of aliphatic hydroxyl groups excluding tert-OH is 4. The highest BCUT2D eigenvalue weighted by atomic mass is 16.6. The molecule has 4 aliphatic rings. The number of fused-ring (bicyclic) bond motifs is 6. The Labute approximate surface area is 129 Å². The quantitative estimate of drug-likeness (QED) is 0.399. The fraction of sp³-hybridized carbons (Fsp3) is 1.00. The summed E-state index contributed by atoms with van der Waals surface area (Å²) in [5.74, 6) is 0.314. The summed E-state index contributed by atoms with van der Waals surface area (Å²) in [7, 11) is 0. The molecule has 1 heterocycles. The summed E-state index contributed by atoms with van der Waals surface area (Å²) < 4.78 is 6.10. The molecule has 22 heavy (non-hydrogen) atoms. The van der Waals surface area contributed by atoms with Gasteiger partial charge in [0.1, 0.15) is 36.1 Å². The summed E-state index contributed by atoms with van der Waals surface area (Å²) in [6.45, 7) is 6.32. The second kappa shape index (κ2) is 3.87. The molecule has 6 nitrogen and oxygen atoms in total. The Kier molecular flexibility index (Phi) is 2.69. The van der Waals surface area contributed by atoms with Gasteiger partial charge in [0, 0.05) is 5.41 Å². The molecule has 9 atom stereocenters. The molecule has 0 aromatic rings. The van der Waals surface area contributed by atoms with Crippen LogP contribution in [0.3, 0.4) is 0 Å². The second-order valence-corrected chi connectivity index (χ2v) is 8.60. The molecule has 5 N–H and O–H groups in total. The Morgan fingerprint density at radius 3 is 2.09 bits per heavy atom. The highest BCUT2D eigenvalue weighted by Gasteiger charge is 2.84. The van der Waals surface area contributed by atoms with Crippen molar-refractivity contribution < 1.29 is 30.3 Å². The lowest BCUT2D eigenvalue weighted by Gasteiger charge is -2.54. The van der Waals surface area contributed by atoms with Crippen LogP contribution in [0.1, 0.15) is 40.0 Å². The first-order valence-electron chi connectivity index (χ1n) is 8.17. The van der Waals surface area contributed by atoms with Crippen molar-refractivity contribution in [1.82, 2.24) is 0 Å². The van der Waals surface area contributed by atoms with Crippen molar-refractivity contribution in [2.45, 2.75) is 81.8 Å². The van der Waals surface area contributed by atoms with E-state index in [0.717, 1.165) is 12.8 Å². The molecule has 1 spiro atoms. The van der Waals surface area contributed by atoms with Gasteiger partial charge in [-0.25, -0.2) is 0 Å². The van der Waals surface area contributed by atoms with E-state index < -0.39 is 47.1 Å². The second-order valence-electron chi connectivity index (χ2n) is 8.60. The van der Waals surface area contributed by atoms with Crippen LogP contribution in [-0.2, 0) is 4.74 Å². The van der Waals surface area contributed by atoms with Crippen LogP contribution in [0.15, 0.2) is 0 Å². The SMILES string of the molecule is CC1(C)[C@H]2CC[C@@]1(C)[C@]1(C2)O[C@@H]2[C@@H](O)[C@H](O)[C@@H](O)[C@]1(O)[C@@H]2O.